The van der Waals surface area contributed by atoms with Crippen LogP contribution in [0, 0.1) is 6.92 Å². The summed E-state index contributed by atoms with van der Waals surface area (Å²) >= 11 is 3.49. The fourth-order valence-corrected chi connectivity index (χ4v) is 2.58. The Kier molecular flexibility index (Phi) is 4.19. The number of aromatic nitrogens is 2. The molecule has 0 fully saturated rings. The SMILES string of the molecule is Cc1nc(CCc2cccc(Br)c2)c(CN)n1C. The summed E-state index contributed by atoms with van der Waals surface area (Å²) in [4.78, 5) is 4.59. The summed E-state index contributed by atoms with van der Waals surface area (Å²) in [7, 11) is 2.02. The molecule has 2 rings (SSSR count). The number of halogens is 1. The molecule has 1 aromatic carbocycles. The van der Waals surface area contributed by atoms with Crippen molar-refractivity contribution in [3.05, 3.63) is 51.5 Å². The number of aryl methyl sites for hydroxylation is 3. The van der Waals surface area contributed by atoms with Gasteiger partial charge in [-0.05, 0) is 37.5 Å². The zero-order chi connectivity index (χ0) is 13.1. The number of rotatable bonds is 4. The highest BCUT2D eigenvalue weighted by molar-refractivity contribution is 9.10. The summed E-state index contributed by atoms with van der Waals surface area (Å²) in [5.41, 5.74) is 9.37. The Morgan fingerprint density at radius 2 is 2.11 bits per heavy atom. The van der Waals surface area contributed by atoms with Gasteiger partial charge in [-0.25, -0.2) is 4.98 Å². The van der Waals surface area contributed by atoms with Gasteiger partial charge in [-0.3, -0.25) is 0 Å². The van der Waals surface area contributed by atoms with Gasteiger partial charge in [-0.2, -0.15) is 0 Å². The van der Waals surface area contributed by atoms with Gasteiger partial charge in [0.2, 0.25) is 0 Å². The summed E-state index contributed by atoms with van der Waals surface area (Å²) in [5, 5.41) is 0. The molecule has 18 heavy (non-hydrogen) atoms. The van der Waals surface area contributed by atoms with Crippen LogP contribution in [0.4, 0.5) is 0 Å². The maximum atomic E-state index is 5.79. The highest BCUT2D eigenvalue weighted by atomic mass is 79.9. The first kappa shape index (κ1) is 13.3. The minimum absolute atomic E-state index is 0.547. The third kappa shape index (κ3) is 2.82. The number of nitrogens with zero attached hydrogens (tertiary/aromatic N) is 2. The quantitative estimate of drug-likeness (QED) is 0.944. The van der Waals surface area contributed by atoms with E-state index in [9.17, 15) is 0 Å². The molecule has 0 saturated heterocycles. The molecule has 1 aromatic heterocycles. The topological polar surface area (TPSA) is 43.8 Å². The van der Waals surface area contributed by atoms with E-state index in [2.05, 4.69) is 43.7 Å². The van der Waals surface area contributed by atoms with Crippen molar-refractivity contribution in [1.82, 2.24) is 9.55 Å². The Labute approximate surface area is 116 Å². The van der Waals surface area contributed by atoms with Crippen LogP contribution in [0.2, 0.25) is 0 Å². The van der Waals surface area contributed by atoms with Crippen molar-refractivity contribution in [1.29, 1.82) is 0 Å². The second-order valence-electron chi connectivity index (χ2n) is 4.45. The smallest absolute Gasteiger partial charge is 0.105 e. The van der Waals surface area contributed by atoms with Crippen molar-refractivity contribution < 1.29 is 0 Å². The van der Waals surface area contributed by atoms with E-state index in [-0.39, 0.29) is 0 Å². The fourth-order valence-electron chi connectivity index (χ4n) is 2.13. The second-order valence-corrected chi connectivity index (χ2v) is 5.36. The normalized spacial score (nSPS) is 10.9. The number of nitrogens with two attached hydrogens (primary N) is 1. The van der Waals surface area contributed by atoms with Crippen molar-refractivity contribution >= 4 is 15.9 Å². The monoisotopic (exact) mass is 307 g/mol. The molecule has 0 spiro atoms. The maximum absolute atomic E-state index is 5.79. The lowest BCUT2D eigenvalue weighted by molar-refractivity contribution is 0.779. The zero-order valence-electron chi connectivity index (χ0n) is 10.8. The first-order valence-electron chi connectivity index (χ1n) is 6.07. The average molecular weight is 308 g/mol. The minimum Gasteiger partial charge on any atom is -0.334 e. The summed E-state index contributed by atoms with van der Waals surface area (Å²) in [6, 6.07) is 8.40. The lowest BCUT2D eigenvalue weighted by Gasteiger charge is -2.04. The summed E-state index contributed by atoms with van der Waals surface area (Å²) in [6.07, 6.45) is 1.92. The van der Waals surface area contributed by atoms with Crippen LogP contribution in [0.15, 0.2) is 28.7 Å². The largest absolute Gasteiger partial charge is 0.334 e. The molecule has 0 aliphatic carbocycles. The fraction of sp³-hybridized carbons (Fsp3) is 0.357. The minimum atomic E-state index is 0.547. The zero-order valence-corrected chi connectivity index (χ0v) is 12.4. The van der Waals surface area contributed by atoms with Gasteiger partial charge in [-0.15, -0.1) is 0 Å². The molecule has 2 N–H and O–H groups in total. The van der Waals surface area contributed by atoms with Crippen LogP contribution >= 0.6 is 15.9 Å². The number of hydrogen-bond donors (Lipinski definition) is 1. The van der Waals surface area contributed by atoms with E-state index in [1.807, 2.05) is 20.0 Å². The molecule has 4 heteroatoms. The van der Waals surface area contributed by atoms with E-state index >= 15 is 0 Å². The van der Waals surface area contributed by atoms with Crippen molar-refractivity contribution in [2.45, 2.75) is 26.3 Å². The van der Waals surface area contributed by atoms with Gasteiger partial charge in [0.05, 0.1) is 11.4 Å². The van der Waals surface area contributed by atoms with Crippen LogP contribution in [0.25, 0.3) is 0 Å². The van der Waals surface area contributed by atoms with Gasteiger partial charge < -0.3 is 10.3 Å². The summed E-state index contributed by atoms with van der Waals surface area (Å²) in [5.74, 6) is 1.03. The molecule has 0 saturated carbocycles. The molecular weight excluding hydrogens is 290 g/mol. The van der Waals surface area contributed by atoms with Gasteiger partial charge in [0, 0.05) is 18.1 Å². The van der Waals surface area contributed by atoms with E-state index in [4.69, 9.17) is 5.73 Å². The van der Waals surface area contributed by atoms with Crippen molar-refractivity contribution in [2.24, 2.45) is 12.8 Å². The Balaban J connectivity index is 2.13. The van der Waals surface area contributed by atoms with Crippen molar-refractivity contribution in [3.63, 3.8) is 0 Å². The molecule has 0 atom stereocenters. The van der Waals surface area contributed by atoms with E-state index in [0.717, 1.165) is 34.5 Å². The highest BCUT2D eigenvalue weighted by Crippen LogP contribution is 2.16. The lowest BCUT2D eigenvalue weighted by Crippen LogP contribution is -2.07. The molecule has 0 unspecified atom stereocenters. The predicted molar refractivity (Wildman–Crippen MR) is 77.4 cm³/mol. The lowest BCUT2D eigenvalue weighted by atomic mass is 10.1. The third-order valence-electron chi connectivity index (χ3n) is 3.25. The first-order chi connectivity index (χ1) is 8.61. The predicted octanol–water partition coefficient (Wildman–Crippen LogP) is 2.73. The second kappa shape index (κ2) is 5.67. The maximum Gasteiger partial charge on any atom is 0.105 e. The molecule has 1 heterocycles. The van der Waals surface area contributed by atoms with Gasteiger partial charge >= 0.3 is 0 Å². The van der Waals surface area contributed by atoms with E-state index < -0.39 is 0 Å². The van der Waals surface area contributed by atoms with Crippen molar-refractivity contribution in [3.8, 4) is 0 Å². The van der Waals surface area contributed by atoms with Gasteiger partial charge in [0.15, 0.2) is 0 Å². The van der Waals surface area contributed by atoms with Crippen LogP contribution in [0.1, 0.15) is 22.8 Å². The first-order valence-corrected chi connectivity index (χ1v) is 6.86. The van der Waals surface area contributed by atoms with Crippen LogP contribution in [0.3, 0.4) is 0 Å². The van der Waals surface area contributed by atoms with E-state index in [1.165, 1.54) is 5.56 Å². The van der Waals surface area contributed by atoms with E-state index in [0.29, 0.717) is 6.54 Å². The molecule has 0 aliphatic heterocycles. The van der Waals surface area contributed by atoms with Gasteiger partial charge in [0.1, 0.15) is 5.82 Å². The third-order valence-corrected chi connectivity index (χ3v) is 3.75. The molecule has 96 valence electrons. The van der Waals surface area contributed by atoms with E-state index in [1.54, 1.807) is 0 Å². The highest BCUT2D eigenvalue weighted by Gasteiger charge is 2.10. The van der Waals surface area contributed by atoms with Gasteiger partial charge in [0.25, 0.3) is 0 Å². The van der Waals surface area contributed by atoms with Crippen molar-refractivity contribution in [2.75, 3.05) is 0 Å². The molecule has 0 bridgehead atoms. The molecule has 0 aliphatic rings. The molecular formula is C14H18BrN3. The number of imidazole rings is 1. The van der Waals surface area contributed by atoms with Crippen LogP contribution in [0.5, 0.6) is 0 Å². The van der Waals surface area contributed by atoms with Crippen LogP contribution in [-0.4, -0.2) is 9.55 Å². The standard InChI is InChI=1S/C14H18BrN3/c1-10-17-13(14(9-16)18(10)2)7-6-11-4-3-5-12(15)8-11/h3-5,8H,6-7,9,16H2,1-2H3. The molecule has 0 amide bonds. The number of hydrogen-bond acceptors (Lipinski definition) is 2. The molecule has 0 radical (unpaired) electrons. The Hall–Kier alpha value is -1.13. The summed E-state index contributed by atoms with van der Waals surface area (Å²) in [6.45, 7) is 2.56. The Bertz CT molecular complexity index is 546. The van der Waals surface area contributed by atoms with Crippen LogP contribution < -0.4 is 5.73 Å². The summed E-state index contributed by atoms with van der Waals surface area (Å²) < 4.78 is 3.20. The van der Waals surface area contributed by atoms with Crippen LogP contribution in [-0.2, 0) is 26.4 Å². The molecule has 3 nitrogen and oxygen atoms in total. The average Bonchev–Trinajstić information content (AvgIpc) is 2.62. The van der Waals surface area contributed by atoms with Gasteiger partial charge in [-0.1, -0.05) is 28.1 Å². The number of benzene rings is 1. The Morgan fingerprint density at radius 1 is 1.33 bits per heavy atom. The molecule has 2 aromatic rings. The Morgan fingerprint density at radius 3 is 2.78 bits per heavy atom.